The lowest BCUT2D eigenvalue weighted by Crippen LogP contribution is -2.30. The second-order valence-corrected chi connectivity index (χ2v) is 4.70. The van der Waals surface area contributed by atoms with Crippen LogP contribution in [0.5, 0.6) is 0 Å². The highest BCUT2D eigenvalue weighted by molar-refractivity contribution is 5.29. The molecule has 3 N–H and O–H groups in total. The first kappa shape index (κ1) is 14.6. The molecule has 20 heavy (non-hydrogen) atoms. The molecule has 0 radical (unpaired) electrons. The zero-order valence-corrected chi connectivity index (χ0v) is 11.0. The van der Waals surface area contributed by atoms with Crippen LogP contribution >= 0.6 is 0 Å². The number of benzene rings is 2. The van der Waals surface area contributed by atoms with Crippen molar-refractivity contribution < 1.29 is 13.2 Å². The summed E-state index contributed by atoms with van der Waals surface area (Å²) >= 11 is 0. The molecule has 106 valence electrons. The van der Waals surface area contributed by atoms with Crippen LogP contribution in [0.15, 0.2) is 36.4 Å². The van der Waals surface area contributed by atoms with Gasteiger partial charge in [0.25, 0.3) is 0 Å². The molecule has 0 bridgehead atoms. The fraction of sp³-hybridized carbons (Fsp3) is 0.200. The molecule has 1 atom stereocenters. The molecule has 2 aromatic rings. The second kappa shape index (κ2) is 6.07. The monoisotopic (exact) mass is 280 g/mol. The number of nitrogens with one attached hydrogen (secondary N) is 1. The minimum Gasteiger partial charge on any atom is -0.271 e. The van der Waals surface area contributed by atoms with Crippen molar-refractivity contribution >= 4 is 0 Å². The molecule has 0 saturated carbocycles. The number of hydrazine groups is 1. The SMILES string of the molecule is Cc1cc(F)cc(C(Cc2cccc(F)c2F)NN)c1. The van der Waals surface area contributed by atoms with E-state index < -0.39 is 17.7 Å². The molecule has 0 aliphatic heterocycles. The van der Waals surface area contributed by atoms with Crippen LogP contribution in [0.2, 0.25) is 0 Å². The second-order valence-electron chi connectivity index (χ2n) is 4.70. The van der Waals surface area contributed by atoms with E-state index in [1.54, 1.807) is 13.0 Å². The molecule has 0 fully saturated rings. The van der Waals surface area contributed by atoms with Crippen LogP contribution in [0.3, 0.4) is 0 Å². The van der Waals surface area contributed by atoms with Gasteiger partial charge in [-0.15, -0.1) is 0 Å². The lowest BCUT2D eigenvalue weighted by atomic mass is 9.97. The van der Waals surface area contributed by atoms with Gasteiger partial charge in [0.2, 0.25) is 0 Å². The van der Waals surface area contributed by atoms with Gasteiger partial charge in [0.05, 0.1) is 6.04 Å². The minimum absolute atomic E-state index is 0.128. The zero-order valence-electron chi connectivity index (χ0n) is 11.0. The van der Waals surface area contributed by atoms with Gasteiger partial charge in [0.15, 0.2) is 11.6 Å². The highest BCUT2D eigenvalue weighted by Crippen LogP contribution is 2.22. The molecule has 0 saturated heterocycles. The minimum atomic E-state index is -0.909. The van der Waals surface area contributed by atoms with Gasteiger partial charge in [-0.05, 0) is 48.2 Å². The van der Waals surface area contributed by atoms with Gasteiger partial charge in [-0.3, -0.25) is 11.3 Å². The van der Waals surface area contributed by atoms with Crippen LogP contribution in [-0.2, 0) is 6.42 Å². The topological polar surface area (TPSA) is 38.0 Å². The number of hydrogen-bond acceptors (Lipinski definition) is 2. The van der Waals surface area contributed by atoms with Gasteiger partial charge < -0.3 is 0 Å². The first-order valence-electron chi connectivity index (χ1n) is 6.17. The van der Waals surface area contributed by atoms with E-state index in [0.29, 0.717) is 5.56 Å². The fourth-order valence-corrected chi connectivity index (χ4v) is 2.16. The van der Waals surface area contributed by atoms with Crippen molar-refractivity contribution in [1.82, 2.24) is 5.43 Å². The van der Waals surface area contributed by atoms with E-state index in [-0.39, 0.29) is 17.8 Å². The molecule has 2 rings (SSSR count). The Balaban J connectivity index is 2.31. The normalized spacial score (nSPS) is 12.4. The zero-order chi connectivity index (χ0) is 14.7. The Bertz CT molecular complexity index is 594. The molecule has 5 heteroatoms. The number of halogens is 3. The molecule has 2 nitrogen and oxygen atoms in total. The Morgan fingerprint density at radius 2 is 1.90 bits per heavy atom. The summed E-state index contributed by atoms with van der Waals surface area (Å²) in [6.07, 6.45) is 0.128. The summed E-state index contributed by atoms with van der Waals surface area (Å²) in [5.41, 5.74) is 4.03. The van der Waals surface area contributed by atoms with E-state index in [2.05, 4.69) is 5.43 Å². The molecule has 0 aromatic heterocycles. The van der Waals surface area contributed by atoms with E-state index in [4.69, 9.17) is 5.84 Å². The van der Waals surface area contributed by atoms with Crippen LogP contribution in [0.4, 0.5) is 13.2 Å². The Morgan fingerprint density at radius 1 is 1.15 bits per heavy atom. The van der Waals surface area contributed by atoms with Gasteiger partial charge in [0.1, 0.15) is 5.82 Å². The van der Waals surface area contributed by atoms with Crippen molar-refractivity contribution in [3.8, 4) is 0 Å². The van der Waals surface area contributed by atoms with Gasteiger partial charge in [-0.1, -0.05) is 18.2 Å². The average Bonchev–Trinajstić information content (AvgIpc) is 2.39. The molecule has 0 spiro atoms. The summed E-state index contributed by atoms with van der Waals surface area (Å²) in [6.45, 7) is 1.75. The molecule has 2 aromatic carbocycles. The van der Waals surface area contributed by atoms with E-state index in [9.17, 15) is 13.2 Å². The summed E-state index contributed by atoms with van der Waals surface area (Å²) in [5.74, 6) is 3.25. The van der Waals surface area contributed by atoms with Crippen LogP contribution in [-0.4, -0.2) is 0 Å². The summed E-state index contributed by atoms with van der Waals surface area (Å²) in [7, 11) is 0. The van der Waals surface area contributed by atoms with Gasteiger partial charge >= 0.3 is 0 Å². The van der Waals surface area contributed by atoms with Crippen LogP contribution in [0.1, 0.15) is 22.7 Å². The lowest BCUT2D eigenvalue weighted by molar-refractivity contribution is 0.480. The molecule has 0 aliphatic rings. The first-order valence-corrected chi connectivity index (χ1v) is 6.17. The molecule has 0 heterocycles. The maximum atomic E-state index is 13.7. The first-order chi connectivity index (χ1) is 9.51. The largest absolute Gasteiger partial charge is 0.271 e. The van der Waals surface area contributed by atoms with E-state index >= 15 is 0 Å². The van der Waals surface area contributed by atoms with Crippen LogP contribution in [0.25, 0.3) is 0 Å². The number of nitrogens with two attached hydrogens (primary N) is 1. The Hall–Kier alpha value is -1.85. The van der Waals surface area contributed by atoms with Gasteiger partial charge in [-0.2, -0.15) is 0 Å². The molecule has 0 amide bonds. The van der Waals surface area contributed by atoms with Gasteiger partial charge in [-0.25, -0.2) is 13.2 Å². The molecule has 1 unspecified atom stereocenters. The van der Waals surface area contributed by atoms with Crippen molar-refractivity contribution in [3.63, 3.8) is 0 Å². The third kappa shape index (κ3) is 3.18. The van der Waals surface area contributed by atoms with E-state index in [1.165, 1.54) is 24.3 Å². The Kier molecular flexibility index (Phi) is 4.42. The summed E-state index contributed by atoms with van der Waals surface area (Å²) in [5, 5.41) is 0. The van der Waals surface area contributed by atoms with E-state index in [0.717, 1.165) is 11.6 Å². The molecular weight excluding hydrogens is 265 g/mol. The summed E-state index contributed by atoms with van der Waals surface area (Å²) in [4.78, 5) is 0. The number of hydrogen-bond donors (Lipinski definition) is 2. The maximum Gasteiger partial charge on any atom is 0.162 e. The third-order valence-corrected chi connectivity index (χ3v) is 3.12. The van der Waals surface area contributed by atoms with Crippen LogP contribution in [0, 0.1) is 24.4 Å². The summed E-state index contributed by atoms with van der Waals surface area (Å²) in [6, 6.07) is 7.93. The molecule has 0 aliphatic carbocycles. The Labute approximate surface area is 115 Å². The summed E-state index contributed by atoms with van der Waals surface area (Å²) < 4.78 is 40.2. The third-order valence-electron chi connectivity index (χ3n) is 3.12. The van der Waals surface area contributed by atoms with Crippen molar-refractivity contribution in [2.45, 2.75) is 19.4 Å². The lowest BCUT2D eigenvalue weighted by Gasteiger charge is -2.17. The number of rotatable bonds is 4. The highest BCUT2D eigenvalue weighted by Gasteiger charge is 2.16. The van der Waals surface area contributed by atoms with E-state index in [1.807, 2.05) is 0 Å². The maximum absolute atomic E-state index is 13.7. The molecular formula is C15H15F3N2. The van der Waals surface area contributed by atoms with Crippen molar-refractivity contribution in [3.05, 3.63) is 70.5 Å². The standard InChI is InChI=1S/C15H15F3N2/c1-9-5-11(7-12(16)6-9)14(20-19)8-10-3-2-4-13(17)15(10)18/h2-7,14,20H,8,19H2,1H3. The smallest absolute Gasteiger partial charge is 0.162 e. The van der Waals surface area contributed by atoms with Crippen molar-refractivity contribution in [1.29, 1.82) is 0 Å². The fourth-order valence-electron chi connectivity index (χ4n) is 2.16. The quantitative estimate of drug-likeness (QED) is 0.667. The van der Waals surface area contributed by atoms with Gasteiger partial charge in [0, 0.05) is 0 Å². The Morgan fingerprint density at radius 3 is 2.55 bits per heavy atom. The van der Waals surface area contributed by atoms with Crippen LogP contribution < -0.4 is 11.3 Å². The van der Waals surface area contributed by atoms with Crippen molar-refractivity contribution in [2.24, 2.45) is 5.84 Å². The number of aryl methyl sites for hydroxylation is 1. The predicted molar refractivity (Wildman–Crippen MR) is 71.3 cm³/mol. The average molecular weight is 280 g/mol. The van der Waals surface area contributed by atoms with Crippen molar-refractivity contribution in [2.75, 3.05) is 0 Å². The highest BCUT2D eigenvalue weighted by atomic mass is 19.2. The predicted octanol–water partition coefficient (Wildman–Crippen LogP) is 3.16.